The number of carbonyl (C=O) groups excluding carboxylic acids is 2. The average molecular weight is 344 g/mol. The summed E-state index contributed by atoms with van der Waals surface area (Å²) in [7, 11) is 0. The van der Waals surface area contributed by atoms with Gasteiger partial charge in [0.1, 0.15) is 6.04 Å². The summed E-state index contributed by atoms with van der Waals surface area (Å²) in [5, 5.41) is 12.4. The van der Waals surface area contributed by atoms with E-state index >= 15 is 0 Å². The summed E-state index contributed by atoms with van der Waals surface area (Å²) in [6.07, 6.45) is 6.06. The van der Waals surface area contributed by atoms with Gasteiger partial charge in [-0.05, 0) is 50.0 Å². The number of hydrogen-bond acceptors (Lipinski definition) is 3. The lowest BCUT2D eigenvalue weighted by Gasteiger charge is -2.36. The molecule has 25 heavy (non-hydrogen) atoms. The van der Waals surface area contributed by atoms with Crippen molar-refractivity contribution in [3.05, 3.63) is 35.9 Å². The van der Waals surface area contributed by atoms with Gasteiger partial charge in [-0.1, -0.05) is 30.3 Å². The zero-order chi connectivity index (χ0) is 17.6. The normalized spacial score (nSPS) is 25.5. The van der Waals surface area contributed by atoms with Gasteiger partial charge in [-0.2, -0.15) is 0 Å². The smallest absolute Gasteiger partial charge is 0.247 e. The standard InChI is InChI=1S/C20H28N2O3/c23-14-15-9-11-17(12-10-15)21-20(25)19(16-6-2-1-3-7-16)22-13-5-4-8-18(22)24/h1-3,6-7,15,17,19,23H,4-5,8-14H2,(H,21,25). The van der Waals surface area contributed by atoms with Crippen molar-refractivity contribution in [2.75, 3.05) is 13.2 Å². The van der Waals surface area contributed by atoms with Gasteiger partial charge in [0.15, 0.2) is 0 Å². The van der Waals surface area contributed by atoms with Crippen LogP contribution in [0.4, 0.5) is 0 Å². The van der Waals surface area contributed by atoms with Crippen LogP contribution in [0.2, 0.25) is 0 Å². The minimum absolute atomic E-state index is 0.0687. The molecule has 136 valence electrons. The molecule has 5 heteroatoms. The molecule has 0 bridgehead atoms. The van der Waals surface area contributed by atoms with E-state index in [1.807, 2.05) is 30.3 Å². The van der Waals surface area contributed by atoms with Gasteiger partial charge in [0.25, 0.3) is 0 Å². The Bertz CT molecular complexity index is 582. The van der Waals surface area contributed by atoms with Crippen molar-refractivity contribution < 1.29 is 14.7 Å². The van der Waals surface area contributed by atoms with Gasteiger partial charge in [-0.3, -0.25) is 9.59 Å². The molecule has 1 aliphatic heterocycles. The molecule has 1 unspecified atom stereocenters. The number of benzene rings is 1. The topological polar surface area (TPSA) is 69.6 Å². The Hall–Kier alpha value is -1.88. The molecule has 1 atom stereocenters. The molecular weight excluding hydrogens is 316 g/mol. The molecule has 2 amide bonds. The number of nitrogens with zero attached hydrogens (tertiary/aromatic N) is 1. The molecule has 1 saturated carbocycles. The lowest BCUT2D eigenvalue weighted by Crippen LogP contribution is -2.48. The van der Waals surface area contributed by atoms with Crippen LogP contribution < -0.4 is 5.32 Å². The van der Waals surface area contributed by atoms with Gasteiger partial charge < -0.3 is 15.3 Å². The molecule has 0 spiro atoms. The molecule has 2 fully saturated rings. The summed E-state index contributed by atoms with van der Waals surface area (Å²) < 4.78 is 0. The van der Waals surface area contributed by atoms with Crippen molar-refractivity contribution in [3.8, 4) is 0 Å². The molecule has 1 aromatic carbocycles. The first-order chi connectivity index (χ1) is 12.2. The number of aliphatic hydroxyl groups excluding tert-OH is 1. The van der Waals surface area contributed by atoms with Crippen LogP contribution in [0.1, 0.15) is 56.6 Å². The summed E-state index contributed by atoms with van der Waals surface area (Å²) in [6, 6.07) is 9.20. The molecule has 5 nitrogen and oxygen atoms in total. The molecule has 1 saturated heterocycles. The van der Waals surface area contributed by atoms with Crippen molar-refractivity contribution in [2.24, 2.45) is 5.92 Å². The third-order valence-corrected chi connectivity index (χ3v) is 5.49. The van der Waals surface area contributed by atoms with E-state index in [1.54, 1.807) is 4.90 Å². The number of piperidine rings is 1. The highest BCUT2D eigenvalue weighted by atomic mass is 16.3. The maximum Gasteiger partial charge on any atom is 0.247 e. The fourth-order valence-electron chi connectivity index (χ4n) is 3.98. The summed E-state index contributed by atoms with van der Waals surface area (Å²) in [5.41, 5.74) is 0.874. The third kappa shape index (κ3) is 4.40. The fraction of sp³-hybridized carbons (Fsp3) is 0.600. The van der Waals surface area contributed by atoms with Gasteiger partial charge >= 0.3 is 0 Å². The maximum absolute atomic E-state index is 13.1. The summed E-state index contributed by atoms with van der Waals surface area (Å²) in [4.78, 5) is 27.2. The lowest BCUT2D eigenvalue weighted by molar-refractivity contribution is -0.143. The fourth-order valence-corrected chi connectivity index (χ4v) is 3.98. The Balaban J connectivity index is 1.72. The van der Waals surface area contributed by atoms with Crippen LogP contribution in [-0.4, -0.2) is 41.0 Å². The first kappa shape index (κ1) is 17.9. The SMILES string of the molecule is O=C(NC1CCC(CO)CC1)C(c1ccccc1)N1CCCCC1=O. The van der Waals surface area contributed by atoms with Crippen LogP contribution >= 0.6 is 0 Å². The molecule has 0 radical (unpaired) electrons. The van der Waals surface area contributed by atoms with Crippen molar-refractivity contribution in [1.29, 1.82) is 0 Å². The van der Waals surface area contributed by atoms with Crippen LogP contribution in [-0.2, 0) is 9.59 Å². The van der Waals surface area contributed by atoms with Crippen LogP contribution in [0.25, 0.3) is 0 Å². The van der Waals surface area contributed by atoms with Gasteiger partial charge in [-0.25, -0.2) is 0 Å². The zero-order valence-corrected chi connectivity index (χ0v) is 14.7. The van der Waals surface area contributed by atoms with Gasteiger partial charge in [0.2, 0.25) is 11.8 Å². The van der Waals surface area contributed by atoms with Gasteiger partial charge in [0, 0.05) is 25.6 Å². The van der Waals surface area contributed by atoms with E-state index in [0.717, 1.165) is 44.1 Å². The molecule has 3 rings (SSSR count). The first-order valence-electron chi connectivity index (χ1n) is 9.44. The predicted octanol–water partition coefficient (Wildman–Crippen LogP) is 2.41. The van der Waals surface area contributed by atoms with Gasteiger partial charge in [0.05, 0.1) is 0 Å². The number of carbonyl (C=O) groups is 2. The minimum Gasteiger partial charge on any atom is -0.396 e. The summed E-state index contributed by atoms with van der Waals surface area (Å²) in [6.45, 7) is 0.874. The number of aliphatic hydroxyl groups is 1. The number of likely N-dealkylation sites (tertiary alicyclic amines) is 1. The van der Waals surface area contributed by atoms with E-state index in [2.05, 4.69) is 5.32 Å². The van der Waals surface area contributed by atoms with Crippen molar-refractivity contribution in [1.82, 2.24) is 10.2 Å². The second-order valence-electron chi connectivity index (χ2n) is 7.27. The Morgan fingerprint density at radius 2 is 1.88 bits per heavy atom. The van der Waals surface area contributed by atoms with Crippen LogP contribution in [0.3, 0.4) is 0 Å². The third-order valence-electron chi connectivity index (χ3n) is 5.49. The Morgan fingerprint density at radius 3 is 2.52 bits per heavy atom. The minimum atomic E-state index is -0.537. The van der Waals surface area contributed by atoms with E-state index in [1.165, 1.54) is 0 Å². The molecule has 1 aliphatic carbocycles. The van der Waals surface area contributed by atoms with Crippen molar-refractivity contribution >= 4 is 11.8 Å². The average Bonchev–Trinajstić information content (AvgIpc) is 2.65. The number of amides is 2. The highest BCUT2D eigenvalue weighted by Crippen LogP contribution is 2.28. The molecule has 2 aliphatic rings. The highest BCUT2D eigenvalue weighted by Gasteiger charge is 2.34. The van der Waals surface area contributed by atoms with E-state index < -0.39 is 6.04 Å². The quantitative estimate of drug-likeness (QED) is 0.862. The predicted molar refractivity (Wildman–Crippen MR) is 95.7 cm³/mol. The van der Waals surface area contributed by atoms with E-state index in [0.29, 0.717) is 18.9 Å². The summed E-state index contributed by atoms with van der Waals surface area (Å²) >= 11 is 0. The largest absolute Gasteiger partial charge is 0.396 e. The lowest BCUT2D eigenvalue weighted by atomic mass is 9.86. The van der Waals surface area contributed by atoms with Crippen LogP contribution in [0, 0.1) is 5.92 Å². The molecular formula is C20H28N2O3. The van der Waals surface area contributed by atoms with Crippen LogP contribution in [0.5, 0.6) is 0 Å². The number of hydrogen-bond donors (Lipinski definition) is 2. The van der Waals surface area contributed by atoms with Crippen LogP contribution in [0.15, 0.2) is 30.3 Å². The van der Waals surface area contributed by atoms with E-state index in [-0.39, 0.29) is 24.5 Å². The molecule has 1 aromatic rings. The zero-order valence-electron chi connectivity index (χ0n) is 14.7. The maximum atomic E-state index is 13.1. The Morgan fingerprint density at radius 1 is 1.16 bits per heavy atom. The number of nitrogens with one attached hydrogen (secondary N) is 1. The second-order valence-corrected chi connectivity index (χ2v) is 7.27. The summed E-state index contributed by atoms with van der Waals surface area (Å²) in [5.74, 6) is 0.356. The first-order valence-corrected chi connectivity index (χ1v) is 9.44. The van der Waals surface area contributed by atoms with E-state index in [9.17, 15) is 14.7 Å². The molecule has 1 heterocycles. The molecule has 0 aromatic heterocycles. The Kier molecular flexibility index (Phi) is 6.08. The van der Waals surface area contributed by atoms with Gasteiger partial charge in [-0.15, -0.1) is 0 Å². The Labute approximate surface area is 149 Å². The monoisotopic (exact) mass is 344 g/mol. The number of rotatable bonds is 5. The highest BCUT2D eigenvalue weighted by molar-refractivity contribution is 5.89. The van der Waals surface area contributed by atoms with Crippen molar-refractivity contribution in [3.63, 3.8) is 0 Å². The second kappa shape index (κ2) is 8.48. The molecule has 2 N–H and O–H groups in total. The van der Waals surface area contributed by atoms with E-state index in [4.69, 9.17) is 0 Å². The van der Waals surface area contributed by atoms with Crippen molar-refractivity contribution in [2.45, 2.75) is 57.0 Å².